The van der Waals surface area contributed by atoms with Gasteiger partial charge in [0.2, 0.25) is 11.8 Å². The van der Waals surface area contributed by atoms with Crippen LogP contribution in [0.1, 0.15) is 24.6 Å². The van der Waals surface area contributed by atoms with E-state index >= 15 is 0 Å². The van der Waals surface area contributed by atoms with Crippen molar-refractivity contribution in [2.45, 2.75) is 26.4 Å². The van der Waals surface area contributed by atoms with Gasteiger partial charge in [-0.3, -0.25) is 9.48 Å². The number of nitrogens with one attached hydrogen (secondary N) is 1. The Bertz CT molecular complexity index is 545. The molecule has 7 heteroatoms. The first-order chi connectivity index (χ1) is 8.54. The van der Waals surface area contributed by atoms with Gasteiger partial charge in [-0.15, -0.1) is 0 Å². The first-order valence-electron chi connectivity index (χ1n) is 5.54. The van der Waals surface area contributed by atoms with Gasteiger partial charge in [0, 0.05) is 6.20 Å². The average molecular weight is 249 g/mol. The van der Waals surface area contributed by atoms with Crippen molar-refractivity contribution in [2.75, 3.05) is 5.73 Å². The minimum Gasteiger partial charge on any atom is -0.444 e. The molecule has 1 amide bonds. The standard InChI is InChI=1S/C11H15N5O2/c1-7-3-13-11(18-7)8(2)15-10(17)6-16-5-9(12)4-14-16/h3-5,8H,6,12H2,1-2H3,(H,15,17). The highest BCUT2D eigenvalue weighted by Crippen LogP contribution is 2.11. The van der Waals surface area contributed by atoms with E-state index in [1.807, 2.05) is 0 Å². The molecule has 1 unspecified atom stereocenters. The normalized spacial score (nSPS) is 12.3. The van der Waals surface area contributed by atoms with Crippen molar-refractivity contribution in [3.8, 4) is 0 Å². The highest BCUT2D eigenvalue weighted by molar-refractivity contribution is 5.76. The Balaban J connectivity index is 1.91. The minimum absolute atomic E-state index is 0.112. The molecular weight excluding hydrogens is 234 g/mol. The molecule has 2 rings (SSSR count). The Hall–Kier alpha value is -2.31. The molecule has 0 spiro atoms. The lowest BCUT2D eigenvalue weighted by Gasteiger charge is -2.10. The predicted octanol–water partition coefficient (Wildman–Crippen LogP) is 0.639. The molecule has 0 aromatic carbocycles. The molecule has 0 bridgehead atoms. The summed E-state index contributed by atoms with van der Waals surface area (Å²) < 4.78 is 6.80. The van der Waals surface area contributed by atoms with Gasteiger partial charge in [-0.25, -0.2) is 4.98 Å². The highest BCUT2D eigenvalue weighted by atomic mass is 16.4. The smallest absolute Gasteiger partial charge is 0.242 e. The number of rotatable bonds is 4. The molecule has 0 saturated heterocycles. The lowest BCUT2D eigenvalue weighted by molar-refractivity contribution is -0.122. The molecule has 7 nitrogen and oxygen atoms in total. The van der Waals surface area contributed by atoms with Crippen molar-refractivity contribution in [2.24, 2.45) is 0 Å². The molecular formula is C11H15N5O2. The minimum atomic E-state index is -0.279. The number of hydrogen-bond acceptors (Lipinski definition) is 5. The second kappa shape index (κ2) is 4.91. The Kier molecular flexibility index (Phi) is 3.31. The van der Waals surface area contributed by atoms with Crippen LogP contribution < -0.4 is 11.1 Å². The van der Waals surface area contributed by atoms with E-state index in [1.54, 1.807) is 26.2 Å². The summed E-state index contributed by atoms with van der Waals surface area (Å²) in [5.74, 6) is 1.02. The number of nitrogens with zero attached hydrogens (tertiary/aromatic N) is 3. The molecule has 96 valence electrons. The van der Waals surface area contributed by atoms with E-state index in [0.29, 0.717) is 17.3 Å². The number of nitrogens with two attached hydrogens (primary N) is 1. The van der Waals surface area contributed by atoms with Crippen molar-refractivity contribution in [1.29, 1.82) is 0 Å². The number of hydrogen-bond donors (Lipinski definition) is 2. The molecule has 0 aliphatic heterocycles. The second-order valence-corrected chi connectivity index (χ2v) is 4.07. The number of carbonyl (C=O) groups excluding carboxylic acids is 1. The molecule has 1 atom stereocenters. The number of oxazole rings is 1. The quantitative estimate of drug-likeness (QED) is 0.828. The maximum Gasteiger partial charge on any atom is 0.242 e. The van der Waals surface area contributed by atoms with E-state index in [9.17, 15) is 4.79 Å². The monoisotopic (exact) mass is 249 g/mol. The third-order valence-corrected chi connectivity index (χ3v) is 2.35. The van der Waals surface area contributed by atoms with Crippen LogP contribution in [0.5, 0.6) is 0 Å². The van der Waals surface area contributed by atoms with Gasteiger partial charge >= 0.3 is 0 Å². The lowest BCUT2D eigenvalue weighted by atomic mass is 10.3. The largest absolute Gasteiger partial charge is 0.444 e. The molecule has 0 aliphatic rings. The van der Waals surface area contributed by atoms with Gasteiger partial charge in [-0.1, -0.05) is 0 Å². The number of nitrogen functional groups attached to an aromatic ring is 1. The molecule has 3 N–H and O–H groups in total. The fourth-order valence-electron chi connectivity index (χ4n) is 1.53. The van der Waals surface area contributed by atoms with Crippen LogP contribution in [0.3, 0.4) is 0 Å². The van der Waals surface area contributed by atoms with E-state index in [-0.39, 0.29) is 18.5 Å². The van der Waals surface area contributed by atoms with E-state index in [0.717, 1.165) is 0 Å². The first kappa shape index (κ1) is 12.2. The van der Waals surface area contributed by atoms with Crippen LogP contribution in [0.4, 0.5) is 5.69 Å². The number of aryl methyl sites for hydroxylation is 1. The summed E-state index contributed by atoms with van der Waals surface area (Å²) in [5, 5.41) is 6.70. The zero-order valence-electron chi connectivity index (χ0n) is 10.3. The summed E-state index contributed by atoms with van der Waals surface area (Å²) in [6.07, 6.45) is 4.71. The molecule has 2 aromatic heterocycles. The molecule has 0 saturated carbocycles. The van der Waals surface area contributed by atoms with Crippen molar-refractivity contribution in [1.82, 2.24) is 20.1 Å². The summed E-state index contributed by atoms with van der Waals surface area (Å²) >= 11 is 0. The Morgan fingerprint density at radius 1 is 1.61 bits per heavy atom. The van der Waals surface area contributed by atoms with E-state index < -0.39 is 0 Å². The molecule has 2 heterocycles. The van der Waals surface area contributed by atoms with Crippen LogP contribution in [0.25, 0.3) is 0 Å². The molecule has 0 aliphatic carbocycles. The van der Waals surface area contributed by atoms with E-state index in [1.165, 1.54) is 10.9 Å². The summed E-state index contributed by atoms with van der Waals surface area (Å²) in [6, 6.07) is -0.279. The van der Waals surface area contributed by atoms with Gasteiger partial charge in [0.05, 0.1) is 18.1 Å². The van der Waals surface area contributed by atoms with Crippen molar-refractivity contribution in [3.63, 3.8) is 0 Å². The van der Waals surface area contributed by atoms with Crippen molar-refractivity contribution >= 4 is 11.6 Å². The number of anilines is 1. The third-order valence-electron chi connectivity index (χ3n) is 2.35. The fourth-order valence-corrected chi connectivity index (χ4v) is 1.53. The Morgan fingerprint density at radius 2 is 2.39 bits per heavy atom. The van der Waals surface area contributed by atoms with Crippen LogP contribution in [0.15, 0.2) is 23.0 Å². The van der Waals surface area contributed by atoms with Crippen LogP contribution in [-0.4, -0.2) is 20.7 Å². The summed E-state index contributed by atoms with van der Waals surface area (Å²) in [4.78, 5) is 15.8. The maximum absolute atomic E-state index is 11.7. The van der Waals surface area contributed by atoms with E-state index in [4.69, 9.17) is 10.2 Å². The van der Waals surface area contributed by atoms with Gasteiger partial charge in [0.15, 0.2) is 0 Å². The fraction of sp³-hybridized carbons (Fsp3) is 0.364. The van der Waals surface area contributed by atoms with Crippen LogP contribution in [0.2, 0.25) is 0 Å². The molecule has 0 fully saturated rings. The topological polar surface area (TPSA) is 99.0 Å². The molecule has 18 heavy (non-hydrogen) atoms. The van der Waals surface area contributed by atoms with Crippen LogP contribution >= 0.6 is 0 Å². The van der Waals surface area contributed by atoms with E-state index in [2.05, 4.69) is 15.4 Å². The second-order valence-electron chi connectivity index (χ2n) is 4.07. The average Bonchev–Trinajstić information content (AvgIpc) is 2.87. The summed E-state index contributed by atoms with van der Waals surface area (Å²) in [5.41, 5.74) is 6.04. The zero-order valence-corrected chi connectivity index (χ0v) is 10.3. The van der Waals surface area contributed by atoms with Crippen molar-refractivity contribution < 1.29 is 9.21 Å². The highest BCUT2D eigenvalue weighted by Gasteiger charge is 2.14. The molecule has 2 aromatic rings. The van der Waals surface area contributed by atoms with Gasteiger partial charge in [0.1, 0.15) is 18.3 Å². The summed E-state index contributed by atoms with van der Waals surface area (Å²) in [7, 11) is 0. The van der Waals surface area contributed by atoms with Gasteiger partial charge in [0.25, 0.3) is 0 Å². The first-order valence-corrected chi connectivity index (χ1v) is 5.54. The third kappa shape index (κ3) is 2.88. The number of aromatic nitrogens is 3. The zero-order chi connectivity index (χ0) is 13.1. The maximum atomic E-state index is 11.7. The number of amides is 1. The molecule has 0 radical (unpaired) electrons. The van der Waals surface area contributed by atoms with Crippen LogP contribution in [-0.2, 0) is 11.3 Å². The summed E-state index contributed by atoms with van der Waals surface area (Å²) in [6.45, 7) is 3.72. The Labute approximate surface area is 104 Å². The number of carbonyl (C=O) groups is 1. The van der Waals surface area contributed by atoms with Crippen molar-refractivity contribution in [3.05, 3.63) is 30.2 Å². The van der Waals surface area contributed by atoms with Crippen LogP contribution in [0, 0.1) is 6.92 Å². The van der Waals surface area contributed by atoms with Gasteiger partial charge in [-0.05, 0) is 13.8 Å². The van der Waals surface area contributed by atoms with Gasteiger partial charge < -0.3 is 15.5 Å². The Morgan fingerprint density at radius 3 is 2.94 bits per heavy atom. The SMILES string of the molecule is Cc1cnc(C(C)NC(=O)Cn2cc(N)cn2)o1. The van der Waals surface area contributed by atoms with Gasteiger partial charge in [-0.2, -0.15) is 5.10 Å². The lowest BCUT2D eigenvalue weighted by Crippen LogP contribution is -2.30. The predicted molar refractivity (Wildman–Crippen MR) is 64.4 cm³/mol.